The van der Waals surface area contributed by atoms with Crippen LogP contribution < -0.4 is 28.3 Å². The van der Waals surface area contributed by atoms with Gasteiger partial charge in [-0.1, -0.05) is 171 Å². The van der Waals surface area contributed by atoms with E-state index in [1.807, 2.05) is 279 Å². The monoisotopic (exact) mass is 1820 g/mol. The van der Waals surface area contributed by atoms with Crippen molar-refractivity contribution < 1.29 is 118 Å². The summed E-state index contributed by atoms with van der Waals surface area (Å²) in [7, 11) is -11.0. The fourth-order valence-corrected chi connectivity index (χ4v) is 11.1. The molecule has 0 N–H and O–H groups in total. The van der Waals surface area contributed by atoms with Gasteiger partial charge >= 0.3 is 73.8 Å². The zero-order valence-electron chi connectivity index (χ0n) is 68.8. The van der Waals surface area contributed by atoms with E-state index in [2.05, 4.69) is 148 Å². The summed E-state index contributed by atoms with van der Waals surface area (Å²) < 4.78 is 105. The quantitative estimate of drug-likeness (QED) is 0.0946. The van der Waals surface area contributed by atoms with Crippen molar-refractivity contribution in [2.24, 2.45) is 0 Å². The second kappa shape index (κ2) is 59.1. The van der Waals surface area contributed by atoms with Crippen LogP contribution in [0.15, 0.2) is 292 Å². The molecule has 8 heterocycles. The number of rotatable bonds is 5. The Labute approximate surface area is 744 Å². The molecule has 0 bridgehead atoms. The van der Waals surface area contributed by atoms with Crippen LogP contribution in [0.4, 0.5) is 38.8 Å². The third kappa shape index (κ3) is 35.9. The Morgan fingerprint density at radius 3 is 0.721 bits per heavy atom. The van der Waals surface area contributed by atoms with E-state index in [1.165, 1.54) is 22.3 Å². The molecule has 8 aromatic carbocycles. The van der Waals surface area contributed by atoms with Gasteiger partial charge in [0.1, 0.15) is 0 Å². The smallest absolute Gasteiger partial charge is 1.00 e. The molecule has 2 aliphatic rings. The minimum atomic E-state index is -3.67. The number of aromatic nitrogens is 6. The topological polar surface area (TPSA) is 105 Å². The van der Waals surface area contributed by atoms with Crippen LogP contribution in [0.5, 0.6) is 34.5 Å². The normalized spacial score (nSPS) is 10.5. The van der Waals surface area contributed by atoms with Gasteiger partial charge in [0.15, 0.2) is 0 Å². The van der Waals surface area contributed by atoms with Crippen LogP contribution in [0.2, 0.25) is 0 Å². The maximum atomic E-state index is 9.67. The Morgan fingerprint density at radius 2 is 0.492 bits per heavy atom. The Bertz CT molecular complexity index is 4690. The first-order chi connectivity index (χ1) is 55.6. The van der Waals surface area contributed by atoms with Gasteiger partial charge in [0.2, 0.25) is 0 Å². The summed E-state index contributed by atoms with van der Waals surface area (Å²) in [5, 5.41) is 2.30. The average molecular weight is 1820 g/mol. The van der Waals surface area contributed by atoms with E-state index in [1.54, 1.807) is 24.8 Å². The molecule has 6 aromatic heterocycles. The summed E-state index contributed by atoms with van der Waals surface area (Å²) in [6, 6.07) is 87.5. The van der Waals surface area contributed by atoms with Crippen LogP contribution in [0.1, 0.15) is 125 Å². The van der Waals surface area contributed by atoms with Gasteiger partial charge in [-0.25, -0.2) is 9.97 Å². The van der Waals surface area contributed by atoms with Crippen LogP contribution >= 0.6 is 0 Å². The summed E-state index contributed by atoms with van der Waals surface area (Å²) in [4.78, 5) is 26.1. The molecule has 0 atom stereocenters. The Kier molecular flexibility index (Phi) is 54.4. The van der Waals surface area contributed by atoms with Crippen LogP contribution in [0, 0.1) is 60.8 Å². The summed E-state index contributed by atoms with van der Waals surface area (Å²) in [5.74, 6) is 5.07. The number of pyridine rings is 6. The summed E-state index contributed by atoms with van der Waals surface area (Å²) >= 11 is 0. The van der Waals surface area contributed by atoms with Gasteiger partial charge in [-0.05, 0) is 83.6 Å². The molecule has 647 valence electrons. The van der Waals surface area contributed by atoms with E-state index < -0.39 is 22.6 Å². The molecule has 0 spiro atoms. The molecule has 27 heteroatoms. The van der Waals surface area contributed by atoms with Gasteiger partial charge in [-0.3, -0.25) is 58.8 Å². The van der Waals surface area contributed by atoms with E-state index >= 15 is 0 Å². The molecule has 0 saturated carbocycles. The van der Waals surface area contributed by atoms with E-state index in [0.717, 1.165) is 124 Å². The average Bonchev–Trinajstić information content (AvgIpc) is 0.745. The first-order valence-corrected chi connectivity index (χ1v) is 36.6. The number of hydrogen-bond acceptors (Lipinski definition) is 9. The Morgan fingerprint density at radius 1 is 0.279 bits per heavy atom. The summed E-state index contributed by atoms with van der Waals surface area (Å²) in [5.41, 5.74) is 17.5. The van der Waals surface area contributed by atoms with Gasteiger partial charge in [-0.2, -0.15) is 111 Å². The molecule has 0 unspecified atom stereocenters. The molecule has 3 radical (unpaired) electrons. The number of hydrogen-bond donors (Lipinski definition) is 0. The Balaban J connectivity index is 0. The zero-order valence-corrected chi connectivity index (χ0v) is 71.6. The number of nitrogens with zero attached hydrogens (tertiary/aromatic N) is 6. The number of ether oxygens (including phenoxy) is 3. The van der Waals surface area contributed by atoms with E-state index in [-0.39, 0.29) is 76.1 Å². The van der Waals surface area contributed by atoms with Crippen molar-refractivity contribution in [3.8, 4) is 68.7 Å². The van der Waals surface area contributed by atoms with Crippen molar-refractivity contribution in [3.05, 3.63) is 408 Å². The zero-order chi connectivity index (χ0) is 85.2. The largest absolute Gasteiger partial charge is 2.00 e. The fraction of sp³-hybridized carbons (Fsp3) is 0.126. The predicted molar refractivity (Wildman–Crippen MR) is 461 cm³/mol. The molecule has 0 amide bonds. The molecule has 16 rings (SSSR count). The number of fused-ring (bicyclic) bond motifs is 6. The second-order valence-corrected chi connectivity index (χ2v) is 26.1. The van der Waals surface area contributed by atoms with Crippen molar-refractivity contribution >= 4 is 44.4 Å². The van der Waals surface area contributed by atoms with E-state index in [9.17, 15) is 38.8 Å². The number of halogens is 12. The number of para-hydroxylation sites is 8. The molecule has 14 aromatic rings. The van der Waals surface area contributed by atoms with Gasteiger partial charge in [-0.15, -0.1) is 36.4 Å². The van der Waals surface area contributed by atoms with Gasteiger partial charge in [0.05, 0.1) is 106 Å². The van der Waals surface area contributed by atoms with Crippen LogP contribution in [0.25, 0.3) is 56.0 Å². The number of benzene rings is 8. The second-order valence-electron chi connectivity index (χ2n) is 26.1. The molecular formula is C95H93B3Cu3F12N6O3. The molecule has 9 nitrogen and oxygen atoms in total. The summed E-state index contributed by atoms with van der Waals surface area (Å²) in [6.45, 7) is 44.9. The molecule has 0 aliphatic carbocycles. The minimum Gasteiger partial charge on any atom is -1.00 e. The molecule has 0 saturated heterocycles. The first-order valence-electron chi connectivity index (χ1n) is 36.6. The predicted octanol–water partition coefficient (Wildman–Crippen LogP) is 18.9. The first kappa shape index (κ1) is 112. The third-order valence-corrected chi connectivity index (χ3v) is 16.3. The molecule has 0 fully saturated rings. The minimum absolute atomic E-state index is 0. The maximum absolute atomic E-state index is 9.67. The fourth-order valence-electron chi connectivity index (χ4n) is 11.1. The van der Waals surface area contributed by atoms with Crippen LogP contribution in [-0.4, -0.2) is 52.5 Å². The van der Waals surface area contributed by atoms with E-state index in [0.29, 0.717) is 0 Å². The van der Waals surface area contributed by atoms with Crippen molar-refractivity contribution in [2.45, 2.75) is 80.1 Å². The van der Waals surface area contributed by atoms with Crippen molar-refractivity contribution in [2.75, 3.05) is 0 Å². The van der Waals surface area contributed by atoms with Crippen LogP contribution in [0.3, 0.4) is 0 Å². The standard InChI is InChI=1S/C18H12N2.2C17H16O.C14H12O.2C10H8N2.3C3H7.3BF3.3Cu.3FH/c1-3-7-15-13(5-1)9-11-17(19-15)18-12-10-14-6-2-4-8-16(14)20-18;2*1-11-7-5-9-13-15(11)18-16-12(2)8-6-10-14(16)17(13,3)4;1-11-7-3-5-9-13(11)15-14-10-6-4-8-12(14)2;2*1-3-7-11-9(5-1)10-6-2-4-8-12-10;3*1-3-2;3*2-1(3)4;;;;;;/h1-12H;2*5-10H,1-2H2,3-4H3;3-10H,1-2H2;2*1-8H;3*3H,1-2H3;;;;;;;3*1H/q;3*-2;;;3*+1;;;;3*+2;;;/p-3. The van der Waals surface area contributed by atoms with Crippen molar-refractivity contribution in [3.63, 3.8) is 0 Å². The van der Waals surface area contributed by atoms with Gasteiger partial charge < -0.3 is 28.3 Å². The maximum Gasteiger partial charge on any atom is 2.00 e. The van der Waals surface area contributed by atoms with E-state index in [4.69, 9.17) is 14.2 Å². The van der Waals surface area contributed by atoms with Crippen molar-refractivity contribution in [1.29, 1.82) is 0 Å². The molecule has 122 heavy (non-hydrogen) atoms. The van der Waals surface area contributed by atoms with Crippen LogP contribution in [-0.2, 0) is 62.0 Å². The molecule has 2 aliphatic heterocycles. The van der Waals surface area contributed by atoms with Gasteiger partial charge in [0.25, 0.3) is 0 Å². The summed E-state index contributed by atoms with van der Waals surface area (Å²) in [6.07, 6.45) is 13.1. The van der Waals surface area contributed by atoms with Crippen molar-refractivity contribution in [1.82, 2.24) is 29.9 Å². The SMILES string of the molecule is C[CH+]C.C[CH+]C.C[CH+]C.FB(F)F.FB(F)F.FB(F)F.[CH2-]c1cccc2c1Oc1c([CH2-])cccc1C2(C)C.[CH2-]c1cccc2c1Oc1c([CH2-])cccc1C2(C)C.[CH2-]c1ccccc1Oc1ccccc1[CH2-].[Cu+2].[Cu+2].[Cu+2].[F-].[F-].[F-].c1ccc(-c2ccccn2)nc1.c1ccc(-c2ccccn2)nc1.c1ccc2nc(-c3ccc4ccccc4n3)ccc2c1. The molecular weight excluding hydrogens is 1720 g/mol. The Hall–Kier alpha value is -11.7. The van der Waals surface area contributed by atoms with Gasteiger partial charge in [0, 0.05) is 70.1 Å². The third-order valence-electron chi connectivity index (χ3n) is 16.3.